The predicted molar refractivity (Wildman–Crippen MR) is 98.1 cm³/mol. The summed E-state index contributed by atoms with van der Waals surface area (Å²) in [6, 6.07) is 10.9. The molecule has 134 valence electrons. The van der Waals surface area contributed by atoms with Gasteiger partial charge in [-0.15, -0.1) is 11.8 Å². The summed E-state index contributed by atoms with van der Waals surface area (Å²) < 4.78 is 19.4. The van der Waals surface area contributed by atoms with Gasteiger partial charge in [-0.3, -0.25) is 9.59 Å². The molecule has 2 aromatic rings. The van der Waals surface area contributed by atoms with Crippen LogP contribution in [0.15, 0.2) is 41.3 Å². The summed E-state index contributed by atoms with van der Waals surface area (Å²) in [5.41, 5.74) is 1.07. The molecule has 0 spiro atoms. The van der Waals surface area contributed by atoms with Crippen LogP contribution in [0.4, 0.5) is 10.1 Å². The number of anilines is 1. The van der Waals surface area contributed by atoms with Gasteiger partial charge in [0.05, 0.1) is 29.7 Å². The number of nitrogens with one attached hydrogen (secondary N) is 1. The number of hydrogen-bond acceptors (Lipinski definition) is 5. The van der Waals surface area contributed by atoms with Crippen molar-refractivity contribution in [2.24, 2.45) is 0 Å². The topological polar surface area (TPSA) is 79.2 Å². The quantitative estimate of drug-likeness (QED) is 0.586. The summed E-state index contributed by atoms with van der Waals surface area (Å²) in [4.78, 5) is 23.7. The van der Waals surface area contributed by atoms with E-state index in [4.69, 9.17) is 10.00 Å². The Balaban J connectivity index is 2.05. The lowest BCUT2D eigenvalue weighted by Crippen LogP contribution is -2.15. The Morgan fingerprint density at radius 2 is 2.04 bits per heavy atom. The number of carbonyl (C=O) groups excluding carboxylic acids is 2. The van der Waals surface area contributed by atoms with Crippen LogP contribution in [0.2, 0.25) is 0 Å². The van der Waals surface area contributed by atoms with E-state index in [9.17, 15) is 14.0 Å². The van der Waals surface area contributed by atoms with Crippen LogP contribution in [0.25, 0.3) is 0 Å². The van der Waals surface area contributed by atoms with E-state index in [-0.39, 0.29) is 27.9 Å². The van der Waals surface area contributed by atoms with Crippen molar-refractivity contribution in [3.63, 3.8) is 0 Å². The molecule has 7 heteroatoms. The Morgan fingerprint density at radius 3 is 2.65 bits per heavy atom. The van der Waals surface area contributed by atoms with Gasteiger partial charge in [-0.2, -0.15) is 5.26 Å². The summed E-state index contributed by atoms with van der Waals surface area (Å²) in [6.45, 7) is 3.59. The number of rotatable bonds is 7. The summed E-state index contributed by atoms with van der Waals surface area (Å²) in [5, 5.41) is 11.7. The number of nitriles is 1. The van der Waals surface area contributed by atoms with E-state index in [2.05, 4.69) is 5.32 Å². The van der Waals surface area contributed by atoms with Crippen molar-refractivity contribution in [2.75, 3.05) is 17.7 Å². The molecule has 2 aromatic carbocycles. The van der Waals surface area contributed by atoms with E-state index in [1.807, 2.05) is 13.0 Å². The lowest BCUT2D eigenvalue weighted by Gasteiger charge is -2.12. The Kier molecular flexibility index (Phi) is 6.75. The number of thioether (sulfide) groups is 1. The minimum atomic E-state index is -0.544. The standard InChI is InChI=1S/C19H17FN2O3S/c1-3-25-17-6-4-13(10-21)8-16(17)22-19(24)11-26-18-7-5-14(12(2)23)9-15(18)20/h4-9H,3,11H2,1-2H3,(H,22,24). The number of Topliss-reactive ketones (excluding diaryl/α,β-unsaturated/α-hetero) is 1. The number of amides is 1. The molecule has 0 heterocycles. The number of hydrogen-bond donors (Lipinski definition) is 1. The second kappa shape index (κ2) is 9.02. The van der Waals surface area contributed by atoms with Gasteiger partial charge in [-0.05, 0) is 44.2 Å². The van der Waals surface area contributed by atoms with E-state index >= 15 is 0 Å². The fraction of sp³-hybridized carbons (Fsp3) is 0.211. The minimum absolute atomic E-state index is 0.0291. The van der Waals surface area contributed by atoms with Crippen molar-refractivity contribution in [3.05, 3.63) is 53.3 Å². The molecule has 0 saturated carbocycles. The van der Waals surface area contributed by atoms with Gasteiger partial charge in [-0.1, -0.05) is 6.07 Å². The molecule has 0 aromatic heterocycles. The van der Waals surface area contributed by atoms with Gasteiger partial charge in [0.2, 0.25) is 5.91 Å². The number of ether oxygens (including phenoxy) is 1. The normalized spacial score (nSPS) is 10.1. The molecule has 0 unspecified atom stereocenters. The molecular formula is C19H17FN2O3S. The van der Waals surface area contributed by atoms with Crippen molar-refractivity contribution < 1.29 is 18.7 Å². The third-order valence-electron chi connectivity index (χ3n) is 3.38. The Labute approximate surface area is 155 Å². The van der Waals surface area contributed by atoms with Crippen LogP contribution in [0, 0.1) is 17.1 Å². The second-order valence-electron chi connectivity index (χ2n) is 5.29. The van der Waals surface area contributed by atoms with Gasteiger partial charge >= 0.3 is 0 Å². The first-order valence-electron chi connectivity index (χ1n) is 7.84. The van der Waals surface area contributed by atoms with Gasteiger partial charge in [0.15, 0.2) is 5.78 Å². The summed E-state index contributed by atoms with van der Waals surface area (Å²) >= 11 is 1.02. The highest BCUT2D eigenvalue weighted by Crippen LogP contribution is 2.27. The van der Waals surface area contributed by atoms with Crippen LogP contribution < -0.4 is 10.1 Å². The zero-order chi connectivity index (χ0) is 19.1. The van der Waals surface area contributed by atoms with Crippen molar-refractivity contribution in [2.45, 2.75) is 18.7 Å². The molecule has 0 atom stereocenters. The lowest BCUT2D eigenvalue weighted by molar-refractivity contribution is -0.113. The third kappa shape index (κ3) is 5.07. The Bertz CT molecular complexity index is 878. The van der Waals surface area contributed by atoms with Crippen LogP contribution in [-0.4, -0.2) is 24.1 Å². The molecule has 2 rings (SSSR count). The molecule has 0 radical (unpaired) electrons. The summed E-state index contributed by atoms with van der Waals surface area (Å²) in [5.74, 6) is -0.697. The first kappa shape index (κ1) is 19.5. The monoisotopic (exact) mass is 372 g/mol. The highest BCUT2D eigenvalue weighted by Gasteiger charge is 2.12. The Morgan fingerprint density at radius 1 is 1.27 bits per heavy atom. The zero-order valence-corrected chi connectivity index (χ0v) is 15.2. The number of halogens is 1. The SMILES string of the molecule is CCOc1ccc(C#N)cc1NC(=O)CSc1ccc(C(C)=O)cc1F. The number of benzene rings is 2. The van der Waals surface area contributed by atoms with Crippen molar-refractivity contribution in [1.29, 1.82) is 5.26 Å². The maximum absolute atomic E-state index is 14.0. The molecular weight excluding hydrogens is 355 g/mol. The largest absolute Gasteiger partial charge is 0.492 e. The average Bonchev–Trinajstić information content (AvgIpc) is 2.62. The van der Waals surface area contributed by atoms with Crippen LogP contribution >= 0.6 is 11.8 Å². The van der Waals surface area contributed by atoms with Crippen molar-refractivity contribution in [3.8, 4) is 11.8 Å². The van der Waals surface area contributed by atoms with Gasteiger partial charge < -0.3 is 10.1 Å². The zero-order valence-electron chi connectivity index (χ0n) is 14.3. The average molecular weight is 372 g/mol. The number of carbonyl (C=O) groups is 2. The molecule has 26 heavy (non-hydrogen) atoms. The molecule has 1 N–H and O–H groups in total. The van der Waals surface area contributed by atoms with Crippen LogP contribution in [0.1, 0.15) is 29.8 Å². The summed E-state index contributed by atoms with van der Waals surface area (Å²) in [7, 11) is 0. The van der Waals surface area contributed by atoms with Crippen molar-refractivity contribution in [1.82, 2.24) is 0 Å². The molecule has 0 aliphatic heterocycles. The maximum atomic E-state index is 14.0. The second-order valence-corrected chi connectivity index (χ2v) is 6.31. The van der Waals surface area contributed by atoms with E-state index in [0.717, 1.165) is 17.8 Å². The molecule has 0 fully saturated rings. The van der Waals surface area contributed by atoms with Gasteiger partial charge in [-0.25, -0.2) is 4.39 Å². The lowest BCUT2D eigenvalue weighted by atomic mass is 10.1. The highest BCUT2D eigenvalue weighted by atomic mass is 32.2. The van der Waals surface area contributed by atoms with Gasteiger partial charge in [0, 0.05) is 10.5 Å². The number of nitrogens with zero attached hydrogens (tertiary/aromatic N) is 1. The fourth-order valence-corrected chi connectivity index (χ4v) is 2.86. The van der Waals surface area contributed by atoms with E-state index in [1.165, 1.54) is 25.1 Å². The minimum Gasteiger partial charge on any atom is -0.492 e. The first-order chi connectivity index (χ1) is 12.4. The molecule has 0 bridgehead atoms. The van der Waals surface area contributed by atoms with Gasteiger partial charge in [0.1, 0.15) is 11.6 Å². The molecule has 0 aliphatic rings. The summed E-state index contributed by atoms with van der Waals surface area (Å²) in [6.07, 6.45) is 0. The van der Waals surface area contributed by atoms with Gasteiger partial charge in [0.25, 0.3) is 0 Å². The first-order valence-corrected chi connectivity index (χ1v) is 8.83. The molecule has 0 aliphatic carbocycles. The molecule has 5 nitrogen and oxygen atoms in total. The number of ketones is 1. The molecule has 1 amide bonds. The van der Waals surface area contributed by atoms with Crippen LogP contribution in [-0.2, 0) is 4.79 Å². The van der Waals surface area contributed by atoms with E-state index < -0.39 is 5.82 Å². The fourth-order valence-electron chi connectivity index (χ4n) is 2.15. The predicted octanol–water partition coefficient (Wildman–Crippen LogP) is 4.03. The highest BCUT2D eigenvalue weighted by molar-refractivity contribution is 8.00. The third-order valence-corrected chi connectivity index (χ3v) is 4.43. The smallest absolute Gasteiger partial charge is 0.234 e. The van der Waals surface area contributed by atoms with E-state index in [0.29, 0.717) is 23.6 Å². The van der Waals surface area contributed by atoms with Crippen LogP contribution in [0.3, 0.4) is 0 Å². The maximum Gasteiger partial charge on any atom is 0.234 e. The molecule has 0 saturated heterocycles. The van der Waals surface area contributed by atoms with E-state index in [1.54, 1.807) is 12.1 Å². The Hall–Kier alpha value is -2.85. The van der Waals surface area contributed by atoms with Crippen molar-refractivity contribution >= 4 is 29.1 Å². The van der Waals surface area contributed by atoms with Crippen LogP contribution in [0.5, 0.6) is 5.75 Å².